The number of sulfonamides is 1. The minimum atomic E-state index is -3.97. The van der Waals surface area contributed by atoms with E-state index in [4.69, 9.17) is 21.1 Å². The highest BCUT2D eigenvalue weighted by Crippen LogP contribution is 2.22. The van der Waals surface area contributed by atoms with Gasteiger partial charge in [0.15, 0.2) is 5.82 Å². The molecule has 0 aliphatic rings. The van der Waals surface area contributed by atoms with Crippen molar-refractivity contribution in [2.75, 3.05) is 24.3 Å². The quantitative estimate of drug-likeness (QED) is 0.479. The lowest BCUT2D eigenvalue weighted by atomic mass is 10.2. The summed E-state index contributed by atoms with van der Waals surface area (Å²) in [5, 5.41) is 2.60. The Kier molecular flexibility index (Phi) is 7.29. The molecule has 0 spiro atoms. The first kappa shape index (κ1) is 23.0. The summed E-state index contributed by atoms with van der Waals surface area (Å²) in [6.45, 7) is 0. The lowest BCUT2D eigenvalue weighted by Gasteiger charge is -2.10. The number of nitrogens with zero attached hydrogens (tertiary/aromatic N) is 2. The number of hydrogen-bond acceptors (Lipinski definition) is 7. The average molecular weight is 475 g/mol. The molecule has 3 rings (SSSR count). The number of rotatable bonds is 8. The van der Waals surface area contributed by atoms with Gasteiger partial charge in [0, 0.05) is 11.8 Å². The predicted molar refractivity (Wildman–Crippen MR) is 121 cm³/mol. The Labute approximate surface area is 190 Å². The molecule has 0 aliphatic heterocycles. The summed E-state index contributed by atoms with van der Waals surface area (Å²) in [4.78, 5) is 20.1. The van der Waals surface area contributed by atoms with E-state index in [1.54, 1.807) is 0 Å². The molecule has 0 saturated heterocycles. The van der Waals surface area contributed by atoms with E-state index in [1.165, 1.54) is 50.6 Å². The Morgan fingerprint density at radius 2 is 1.69 bits per heavy atom. The maximum absolute atomic E-state index is 12.7. The van der Waals surface area contributed by atoms with Crippen LogP contribution in [0.3, 0.4) is 0 Å². The van der Waals surface area contributed by atoms with Gasteiger partial charge in [-0.3, -0.25) is 9.52 Å². The van der Waals surface area contributed by atoms with Crippen LogP contribution < -0.4 is 19.5 Å². The van der Waals surface area contributed by atoms with Crippen molar-refractivity contribution in [1.82, 2.24) is 9.97 Å². The van der Waals surface area contributed by atoms with E-state index in [-0.39, 0.29) is 27.6 Å². The molecule has 0 saturated carbocycles. The first-order valence-electron chi connectivity index (χ1n) is 9.14. The topological polar surface area (TPSA) is 120 Å². The molecule has 166 valence electrons. The third-order valence-electron chi connectivity index (χ3n) is 4.05. The van der Waals surface area contributed by atoms with Crippen LogP contribution in [0.25, 0.3) is 6.08 Å². The monoisotopic (exact) mass is 474 g/mol. The lowest BCUT2D eigenvalue weighted by molar-refractivity contribution is -0.112. The summed E-state index contributed by atoms with van der Waals surface area (Å²) in [5.74, 6) is -0.415. The van der Waals surface area contributed by atoms with Crippen molar-refractivity contribution >= 4 is 45.1 Å². The molecule has 0 atom stereocenters. The van der Waals surface area contributed by atoms with Crippen LogP contribution in [0.1, 0.15) is 5.56 Å². The van der Waals surface area contributed by atoms with Gasteiger partial charge in [-0.15, -0.1) is 0 Å². The maximum atomic E-state index is 12.7. The second-order valence-corrected chi connectivity index (χ2v) is 8.36. The first-order chi connectivity index (χ1) is 15.3. The fourth-order valence-electron chi connectivity index (χ4n) is 2.52. The van der Waals surface area contributed by atoms with Crippen LogP contribution in [0, 0.1) is 0 Å². The minimum Gasteiger partial charge on any atom is -0.481 e. The van der Waals surface area contributed by atoms with Crippen LogP contribution in [0.5, 0.6) is 11.9 Å². The van der Waals surface area contributed by atoms with Crippen LogP contribution in [0.15, 0.2) is 70.6 Å². The molecule has 3 aromatic rings. The summed E-state index contributed by atoms with van der Waals surface area (Å²) in [6.07, 6.45) is 1.53. The molecule has 11 heteroatoms. The van der Waals surface area contributed by atoms with Crippen molar-refractivity contribution in [2.45, 2.75) is 4.90 Å². The van der Waals surface area contributed by atoms with E-state index >= 15 is 0 Å². The molecule has 0 bridgehead atoms. The van der Waals surface area contributed by atoms with Crippen molar-refractivity contribution in [3.63, 3.8) is 0 Å². The summed E-state index contributed by atoms with van der Waals surface area (Å²) in [7, 11) is -1.24. The molecule has 2 aromatic carbocycles. The van der Waals surface area contributed by atoms with Crippen LogP contribution in [-0.4, -0.2) is 38.5 Å². The third-order valence-corrected chi connectivity index (χ3v) is 5.70. The van der Waals surface area contributed by atoms with Gasteiger partial charge < -0.3 is 14.8 Å². The zero-order chi connectivity index (χ0) is 23.1. The van der Waals surface area contributed by atoms with Crippen molar-refractivity contribution in [1.29, 1.82) is 0 Å². The number of amides is 1. The SMILES string of the molecule is COc1cc(NS(=O)(=O)c2ccc(NC(=O)/C(Cl)=C/c3ccccc3)cc2)nc(OC)n1. The molecule has 9 nitrogen and oxygen atoms in total. The third kappa shape index (κ3) is 5.96. The zero-order valence-corrected chi connectivity index (χ0v) is 18.6. The van der Waals surface area contributed by atoms with Gasteiger partial charge >= 0.3 is 6.01 Å². The van der Waals surface area contributed by atoms with E-state index in [2.05, 4.69) is 20.0 Å². The van der Waals surface area contributed by atoms with E-state index in [0.717, 1.165) is 5.56 Å². The van der Waals surface area contributed by atoms with Crippen molar-refractivity contribution in [3.05, 3.63) is 71.3 Å². The molecule has 0 unspecified atom stereocenters. The Morgan fingerprint density at radius 1 is 1.00 bits per heavy atom. The Bertz CT molecular complexity index is 1210. The highest BCUT2D eigenvalue weighted by Gasteiger charge is 2.17. The van der Waals surface area contributed by atoms with E-state index < -0.39 is 15.9 Å². The number of nitrogens with one attached hydrogen (secondary N) is 2. The number of carbonyl (C=O) groups excluding carboxylic acids is 1. The average Bonchev–Trinajstić information content (AvgIpc) is 2.79. The lowest BCUT2D eigenvalue weighted by Crippen LogP contribution is -2.15. The molecule has 32 heavy (non-hydrogen) atoms. The smallest absolute Gasteiger partial charge is 0.321 e. The van der Waals surface area contributed by atoms with Gasteiger partial charge in [-0.2, -0.15) is 9.97 Å². The highest BCUT2D eigenvalue weighted by molar-refractivity contribution is 7.92. The second kappa shape index (κ2) is 10.1. The zero-order valence-electron chi connectivity index (χ0n) is 17.1. The van der Waals surface area contributed by atoms with Crippen LogP contribution >= 0.6 is 11.6 Å². The molecule has 0 fully saturated rings. The highest BCUT2D eigenvalue weighted by atomic mass is 35.5. The van der Waals surface area contributed by atoms with Crippen molar-refractivity contribution < 1.29 is 22.7 Å². The van der Waals surface area contributed by atoms with Crippen molar-refractivity contribution in [2.24, 2.45) is 0 Å². The minimum absolute atomic E-state index is 0.0128. The van der Waals surface area contributed by atoms with Crippen LogP contribution in [0.4, 0.5) is 11.5 Å². The summed E-state index contributed by atoms with van der Waals surface area (Å²) in [6, 6.07) is 16.0. The largest absolute Gasteiger partial charge is 0.481 e. The van der Waals surface area contributed by atoms with Gasteiger partial charge in [0.25, 0.3) is 15.9 Å². The van der Waals surface area contributed by atoms with Gasteiger partial charge in [-0.1, -0.05) is 41.9 Å². The van der Waals surface area contributed by atoms with E-state index in [9.17, 15) is 13.2 Å². The second-order valence-electron chi connectivity index (χ2n) is 6.27. The standard InChI is InChI=1S/C21H19ClN4O5S/c1-30-19-13-18(24-21(25-19)31-2)26-32(28,29)16-10-8-15(9-11-16)23-20(27)17(22)12-14-6-4-3-5-7-14/h3-13H,1-2H3,(H,23,27)(H,24,25,26)/b17-12-. The number of halogens is 1. The number of aromatic nitrogens is 2. The predicted octanol–water partition coefficient (Wildman–Crippen LogP) is 3.51. The van der Waals surface area contributed by atoms with Gasteiger partial charge in [0.1, 0.15) is 5.03 Å². The summed E-state index contributed by atoms with van der Waals surface area (Å²) < 4.78 is 37.6. The molecular weight excluding hydrogens is 456 g/mol. The van der Waals surface area contributed by atoms with Crippen LogP contribution in [-0.2, 0) is 14.8 Å². The van der Waals surface area contributed by atoms with E-state index in [1.807, 2.05) is 30.3 Å². The summed E-state index contributed by atoms with van der Waals surface area (Å²) in [5.41, 5.74) is 1.15. The fourth-order valence-corrected chi connectivity index (χ4v) is 3.68. The van der Waals surface area contributed by atoms with Gasteiger partial charge in [0.05, 0.1) is 19.1 Å². The molecule has 1 heterocycles. The normalized spacial score (nSPS) is 11.5. The van der Waals surface area contributed by atoms with E-state index in [0.29, 0.717) is 5.69 Å². The molecule has 0 aliphatic carbocycles. The Hall–Kier alpha value is -3.63. The molecule has 0 radical (unpaired) electrons. The van der Waals surface area contributed by atoms with Gasteiger partial charge in [-0.25, -0.2) is 8.42 Å². The number of carbonyl (C=O) groups is 1. The molecule has 1 amide bonds. The first-order valence-corrected chi connectivity index (χ1v) is 11.0. The molecular formula is C21H19ClN4O5S. The molecule has 2 N–H and O–H groups in total. The summed E-state index contributed by atoms with van der Waals surface area (Å²) >= 11 is 6.07. The molecule has 1 aromatic heterocycles. The number of ether oxygens (including phenoxy) is 2. The number of methoxy groups -OCH3 is 2. The number of benzene rings is 2. The Morgan fingerprint density at radius 3 is 2.31 bits per heavy atom. The van der Waals surface area contributed by atoms with Gasteiger partial charge in [-0.05, 0) is 35.9 Å². The fraction of sp³-hybridized carbons (Fsp3) is 0.0952. The number of anilines is 2. The van der Waals surface area contributed by atoms with Crippen LogP contribution in [0.2, 0.25) is 0 Å². The maximum Gasteiger partial charge on any atom is 0.321 e. The number of hydrogen-bond donors (Lipinski definition) is 2. The van der Waals surface area contributed by atoms with Crippen molar-refractivity contribution in [3.8, 4) is 11.9 Å². The Balaban J connectivity index is 1.72. The van der Waals surface area contributed by atoms with Gasteiger partial charge in [0.2, 0.25) is 5.88 Å².